The summed E-state index contributed by atoms with van der Waals surface area (Å²) in [4.78, 5) is 16.3. The van der Waals surface area contributed by atoms with Gasteiger partial charge in [0.25, 0.3) is 0 Å². The molecule has 0 aliphatic rings. The molecule has 3 rings (SSSR count). The lowest BCUT2D eigenvalue weighted by Crippen LogP contribution is -2.08. The third-order valence-corrected chi connectivity index (χ3v) is 3.93. The first-order chi connectivity index (χ1) is 10.7. The lowest BCUT2D eigenvalue weighted by Gasteiger charge is -2.04. The van der Waals surface area contributed by atoms with E-state index >= 15 is 0 Å². The van der Waals surface area contributed by atoms with E-state index in [2.05, 4.69) is 19.7 Å². The second-order valence-corrected chi connectivity index (χ2v) is 5.67. The zero-order valence-electron chi connectivity index (χ0n) is 11.4. The zero-order valence-corrected chi connectivity index (χ0v) is 13.0. The first-order valence-electron chi connectivity index (χ1n) is 6.26. The molecule has 0 bridgehead atoms. The molecule has 0 unspecified atom stereocenters. The number of hydrogen-bond acceptors (Lipinski definition) is 7. The van der Waals surface area contributed by atoms with E-state index in [0.717, 1.165) is 11.5 Å². The summed E-state index contributed by atoms with van der Waals surface area (Å²) in [6, 6.07) is 5.46. The number of pyridine rings is 1. The molecule has 0 saturated carbocycles. The number of carbonyl (C=O) groups is 1. The molecule has 3 aromatic heterocycles. The van der Waals surface area contributed by atoms with Gasteiger partial charge < -0.3 is 4.74 Å². The van der Waals surface area contributed by atoms with Gasteiger partial charge in [-0.15, -0.1) is 5.10 Å². The minimum atomic E-state index is -0.497. The zero-order chi connectivity index (χ0) is 15.5. The molecule has 0 aliphatic carbocycles. The topological polar surface area (TPSA) is 82.8 Å². The van der Waals surface area contributed by atoms with E-state index in [1.165, 1.54) is 6.20 Å². The number of nitrogens with zero attached hydrogens (tertiary/aromatic N) is 5. The Kier molecular flexibility index (Phi) is 4.12. The van der Waals surface area contributed by atoms with E-state index in [1.54, 1.807) is 23.9 Å². The number of carbonyl (C=O) groups excluding carboxylic acids is 1. The summed E-state index contributed by atoms with van der Waals surface area (Å²) in [5.41, 5.74) is 1.45. The second kappa shape index (κ2) is 6.20. The number of aromatic nitrogens is 5. The second-order valence-electron chi connectivity index (χ2n) is 4.31. The van der Waals surface area contributed by atoms with Crippen LogP contribution in [-0.2, 0) is 11.3 Å². The first kappa shape index (κ1) is 14.6. The van der Waals surface area contributed by atoms with Crippen molar-refractivity contribution < 1.29 is 9.53 Å². The van der Waals surface area contributed by atoms with Crippen molar-refractivity contribution in [2.75, 3.05) is 0 Å². The maximum atomic E-state index is 12.1. The van der Waals surface area contributed by atoms with Crippen LogP contribution >= 0.6 is 23.1 Å². The summed E-state index contributed by atoms with van der Waals surface area (Å²) < 4.78 is 10.9. The quantitative estimate of drug-likeness (QED) is 0.681. The molecule has 3 heterocycles. The molecule has 0 saturated heterocycles. The van der Waals surface area contributed by atoms with Gasteiger partial charge in [-0.3, -0.25) is 0 Å². The molecule has 0 aliphatic heterocycles. The highest BCUT2D eigenvalue weighted by atomic mass is 35.5. The van der Waals surface area contributed by atoms with Gasteiger partial charge in [-0.25, -0.2) is 14.5 Å². The van der Waals surface area contributed by atoms with E-state index in [-0.39, 0.29) is 6.61 Å². The molecular weight excluding hydrogens is 326 g/mol. The van der Waals surface area contributed by atoms with Gasteiger partial charge in [-0.2, -0.15) is 5.10 Å². The Morgan fingerprint density at radius 1 is 1.45 bits per heavy atom. The minimum absolute atomic E-state index is 0.0254. The lowest BCUT2D eigenvalue weighted by atomic mass is 10.2. The molecule has 112 valence electrons. The maximum absolute atomic E-state index is 12.1. The largest absolute Gasteiger partial charge is 0.455 e. The molecule has 0 N–H and O–H groups in total. The van der Waals surface area contributed by atoms with Crippen LogP contribution in [0.3, 0.4) is 0 Å². The van der Waals surface area contributed by atoms with E-state index in [1.807, 2.05) is 12.1 Å². The van der Waals surface area contributed by atoms with Crippen LogP contribution in [0.15, 0.2) is 30.6 Å². The van der Waals surface area contributed by atoms with Crippen LogP contribution in [-0.4, -0.2) is 30.3 Å². The SMILES string of the molecule is Cc1c(C(=O)OCc2nnsc2Cl)cnn1-c1ccccn1. The Bertz CT molecular complexity index is 802. The van der Waals surface area contributed by atoms with Crippen LogP contribution in [0.25, 0.3) is 5.82 Å². The fourth-order valence-corrected chi connectivity index (χ4v) is 2.42. The molecule has 0 fully saturated rings. The number of rotatable bonds is 4. The number of ether oxygens (including phenoxy) is 1. The van der Waals surface area contributed by atoms with Gasteiger partial charge in [0.2, 0.25) is 0 Å². The van der Waals surface area contributed by atoms with Crippen LogP contribution < -0.4 is 0 Å². The van der Waals surface area contributed by atoms with Crippen molar-refractivity contribution in [2.24, 2.45) is 0 Å². The Morgan fingerprint density at radius 2 is 2.32 bits per heavy atom. The Morgan fingerprint density at radius 3 is 3.00 bits per heavy atom. The van der Waals surface area contributed by atoms with Gasteiger partial charge in [0.1, 0.15) is 22.2 Å². The van der Waals surface area contributed by atoms with E-state index in [9.17, 15) is 4.79 Å². The van der Waals surface area contributed by atoms with Gasteiger partial charge in [0, 0.05) is 17.7 Å². The molecule has 0 atom stereocenters. The van der Waals surface area contributed by atoms with Crippen LogP contribution in [0, 0.1) is 6.92 Å². The Hall–Kier alpha value is -2.32. The number of esters is 1. The molecule has 22 heavy (non-hydrogen) atoms. The third-order valence-electron chi connectivity index (χ3n) is 2.95. The van der Waals surface area contributed by atoms with Crippen molar-refractivity contribution in [1.82, 2.24) is 24.4 Å². The van der Waals surface area contributed by atoms with Gasteiger partial charge in [-0.1, -0.05) is 22.2 Å². The maximum Gasteiger partial charge on any atom is 0.342 e. The summed E-state index contributed by atoms with van der Waals surface area (Å²) >= 11 is 6.91. The van der Waals surface area contributed by atoms with Crippen LogP contribution in [0.4, 0.5) is 0 Å². The van der Waals surface area contributed by atoms with Gasteiger partial charge in [0.05, 0.1) is 11.9 Å². The smallest absolute Gasteiger partial charge is 0.342 e. The Balaban J connectivity index is 1.77. The highest BCUT2D eigenvalue weighted by Crippen LogP contribution is 2.19. The van der Waals surface area contributed by atoms with E-state index < -0.39 is 5.97 Å². The fourth-order valence-electron chi connectivity index (χ4n) is 1.81. The van der Waals surface area contributed by atoms with Crippen LogP contribution in [0.5, 0.6) is 0 Å². The molecule has 0 amide bonds. The Labute approximate surface area is 134 Å². The molecule has 0 spiro atoms. The van der Waals surface area contributed by atoms with Crippen molar-refractivity contribution in [3.8, 4) is 5.82 Å². The number of hydrogen-bond donors (Lipinski definition) is 0. The average molecular weight is 336 g/mol. The molecule has 7 nitrogen and oxygen atoms in total. The first-order valence-corrected chi connectivity index (χ1v) is 7.42. The van der Waals surface area contributed by atoms with E-state index in [4.69, 9.17) is 16.3 Å². The van der Waals surface area contributed by atoms with Gasteiger partial charge in [-0.05, 0) is 19.1 Å². The van der Waals surface area contributed by atoms with Crippen molar-refractivity contribution >= 4 is 29.1 Å². The van der Waals surface area contributed by atoms with Crippen molar-refractivity contribution in [3.05, 3.63) is 51.9 Å². The van der Waals surface area contributed by atoms with E-state index in [0.29, 0.717) is 27.1 Å². The minimum Gasteiger partial charge on any atom is -0.455 e. The van der Waals surface area contributed by atoms with Crippen LogP contribution in [0.1, 0.15) is 21.7 Å². The van der Waals surface area contributed by atoms with Crippen molar-refractivity contribution in [2.45, 2.75) is 13.5 Å². The molecule has 0 aromatic carbocycles. The average Bonchev–Trinajstić information content (AvgIpc) is 3.12. The summed E-state index contributed by atoms with van der Waals surface area (Å²) in [5.74, 6) is 0.134. The summed E-state index contributed by atoms with van der Waals surface area (Å²) in [6.07, 6.45) is 3.11. The fraction of sp³-hybridized carbons (Fsp3) is 0.154. The predicted molar refractivity (Wildman–Crippen MR) is 80.1 cm³/mol. The normalized spacial score (nSPS) is 10.6. The van der Waals surface area contributed by atoms with Crippen molar-refractivity contribution in [3.63, 3.8) is 0 Å². The third kappa shape index (κ3) is 2.83. The van der Waals surface area contributed by atoms with Crippen LogP contribution in [0.2, 0.25) is 4.34 Å². The van der Waals surface area contributed by atoms with Crippen molar-refractivity contribution in [1.29, 1.82) is 0 Å². The molecule has 9 heteroatoms. The highest BCUT2D eigenvalue weighted by molar-refractivity contribution is 7.10. The predicted octanol–water partition coefficient (Wildman–Crippen LogP) is 2.44. The standard InChI is InChI=1S/C13H10ClN5O2S/c1-8-9(6-16-19(8)11-4-2-3-5-15-11)13(20)21-7-10-12(14)22-18-17-10/h2-6H,7H2,1H3. The summed E-state index contributed by atoms with van der Waals surface area (Å²) in [7, 11) is 0. The highest BCUT2D eigenvalue weighted by Gasteiger charge is 2.18. The van der Waals surface area contributed by atoms with Gasteiger partial charge in [0.15, 0.2) is 5.82 Å². The summed E-state index contributed by atoms with van der Waals surface area (Å²) in [5, 5.41) is 7.96. The lowest BCUT2D eigenvalue weighted by molar-refractivity contribution is 0.0467. The van der Waals surface area contributed by atoms with Gasteiger partial charge >= 0.3 is 5.97 Å². The molecule has 3 aromatic rings. The monoisotopic (exact) mass is 335 g/mol. The number of halogens is 1. The summed E-state index contributed by atoms with van der Waals surface area (Å²) in [6.45, 7) is 1.75. The molecule has 0 radical (unpaired) electrons. The molecular formula is C13H10ClN5O2S.